The van der Waals surface area contributed by atoms with E-state index in [1.807, 2.05) is 0 Å². The van der Waals surface area contributed by atoms with Crippen LogP contribution in [0.4, 0.5) is 154 Å². The van der Waals surface area contributed by atoms with Crippen molar-refractivity contribution in [2.24, 2.45) is 5.92 Å². The van der Waals surface area contributed by atoms with Gasteiger partial charge in [0.15, 0.2) is 0 Å². The van der Waals surface area contributed by atoms with Gasteiger partial charge in [-0.3, -0.25) is 0 Å². The van der Waals surface area contributed by atoms with Gasteiger partial charge < -0.3 is 0 Å². The van der Waals surface area contributed by atoms with Crippen LogP contribution >= 0.6 is 0 Å². The predicted molar refractivity (Wildman–Crippen MR) is 105 cm³/mol. The maximum Gasteiger partial charge on any atom is 0.460 e. The summed E-state index contributed by atoms with van der Waals surface area (Å²) in [4.78, 5) is 0. The minimum atomic E-state index is -10.3. The Kier molecular flexibility index (Phi) is 12.5. The van der Waals surface area contributed by atoms with E-state index >= 15 is 0 Å². The topological polar surface area (TPSA) is 0 Å². The minimum absolute atomic E-state index is 0.287. The number of hydrogen-bond donors (Lipinski definition) is 0. The number of halogens is 35. The molecule has 35 heteroatoms. The van der Waals surface area contributed by atoms with Gasteiger partial charge in [0.25, 0.3) is 0 Å². The lowest BCUT2D eigenvalue weighted by Gasteiger charge is -2.47. The molecule has 0 aromatic heterocycles. The Balaban J connectivity index is 7.79. The molecule has 0 saturated carbocycles. The lowest BCUT2D eigenvalue weighted by Crippen LogP contribution is -2.80. The van der Waals surface area contributed by atoms with E-state index in [0.29, 0.717) is 0 Å². The molecular formula is C21H9F35. The van der Waals surface area contributed by atoms with Crippen LogP contribution in [-0.2, 0) is 0 Å². The average molecular weight is 926 g/mol. The molecule has 0 aliphatic carbocycles. The second kappa shape index (κ2) is 13.0. The third-order valence-corrected chi connectivity index (χ3v) is 7.00. The largest absolute Gasteiger partial charge is 0.460 e. The SMILES string of the molecule is CC(C)CC(F)(F)C(F)(F)C(F)(F)C(F)(F)C(F)(F)C(F)(F)C(F)(F)C(F)(F)C(F)(F)C(F)(F)C(F)(F)C(F)(F)C(F)(F)C(F)(F)C(F)(F)C(F)(F)C(F)(F)F. The van der Waals surface area contributed by atoms with Crippen LogP contribution in [0.25, 0.3) is 0 Å². The second-order valence-electron chi connectivity index (χ2n) is 11.4. The Labute approximate surface area is 282 Å². The van der Waals surface area contributed by atoms with Crippen molar-refractivity contribution >= 4 is 0 Å². The molecule has 0 aromatic rings. The number of alkyl halides is 35. The van der Waals surface area contributed by atoms with Gasteiger partial charge in [-0.1, -0.05) is 13.8 Å². The summed E-state index contributed by atoms with van der Waals surface area (Å²) in [7, 11) is 0. The summed E-state index contributed by atoms with van der Waals surface area (Å²) in [6.07, 6.45) is -11.3. The van der Waals surface area contributed by atoms with E-state index < -0.39 is 113 Å². The highest BCUT2D eigenvalue weighted by molar-refractivity contribution is 5.22. The Bertz CT molecular complexity index is 1400. The van der Waals surface area contributed by atoms with Gasteiger partial charge in [0.05, 0.1) is 0 Å². The molecule has 0 atom stereocenters. The Morgan fingerprint density at radius 2 is 0.339 bits per heavy atom. The van der Waals surface area contributed by atoms with E-state index in [9.17, 15) is 154 Å². The molecule has 0 aliphatic heterocycles. The summed E-state index contributed by atoms with van der Waals surface area (Å²) in [5.74, 6) is -155. The van der Waals surface area contributed by atoms with E-state index in [-0.39, 0.29) is 13.8 Å². The van der Waals surface area contributed by atoms with Crippen molar-refractivity contribution in [1.29, 1.82) is 0 Å². The van der Waals surface area contributed by atoms with Crippen LogP contribution in [-0.4, -0.2) is 101 Å². The van der Waals surface area contributed by atoms with Gasteiger partial charge >= 0.3 is 101 Å². The molecular weight excluding hydrogens is 917 g/mol. The fourth-order valence-electron chi connectivity index (χ4n) is 3.61. The highest BCUT2D eigenvalue weighted by Crippen LogP contribution is 2.70. The standard InChI is InChI=1S/C21H9F35/c1-4(2)3-5(22,23)6(24,25)7(26,27)8(28,29)9(30,31)10(32,33)11(34,35)12(36,37)13(38,39)14(40,41)15(42,43)16(44,45)17(46,47)18(48,49)19(50,51)20(52,53)21(54,55)56/h4H,3H2,1-2H3. The van der Waals surface area contributed by atoms with Crippen LogP contribution in [0.2, 0.25) is 0 Å². The van der Waals surface area contributed by atoms with E-state index in [1.54, 1.807) is 0 Å². The van der Waals surface area contributed by atoms with Gasteiger partial charge in [0, 0.05) is 6.42 Å². The molecule has 0 aliphatic rings. The normalized spacial score (nSPS) is 17.2. The Hall–Kier alpha value is -2.45. The van der Waals surface area contributed by atoms with Crippen LogP contribution in [0.15, 0.2) is 0 Å². The number of hydrogen-bond acceptors (Lipinski definition) is 0. The van der Waals surface area contributed by atoms with Gasteiger partial charge in [-0.05, 0) is 5.92 Å². The molecule has 0 spiro atoms. The summed E-state index contributed by atoms with van der Waals surface area (Å²) in [6, 6.07) is 0. The molecule has 56 heavy (non-hydrogen) atoms. The highest BCUT2D eigenvalue weighted by atomic mass is 19.4. The van der Waals surface area contributed by atoms with Crippen LogP contribution in [0.3, 0.4) is 0 Å². The first-order valence-corrected chi connectivity index (χ1v) is 12.5. The van der Waals surface area contributed by atoms with E-state index in [4.69, 9.17) is 0 Å². The molecule has 0 bridgehead atoms. The zero-order valence-electron chi connectivity index (χ0n) is 25.0. The second-order valence-corrected chi connectivity index (χ2v) is 11.4. The summed E-state index contributed by atoms with van der Waals surface area (Å²) < 4.78 is 474. The van der Waals surface area contributed by atoms with E-state index in [2.05, 4.69) is 0 Å². The third-order valence-electron chi connectivity index (χ3n) is 7.00. The zero-order valence-corrected chi connectivity index (χ0v) is 25.0. The molecule has 0 amide bonds. The van der Waals surface area contributed by atoms with Crippen LogP contribution in [0.1, 0.15) is 20.3 Å². The lowest BCUT2D eigenvalue weighted by molar-refractivity contribution is -0.492. The van der Waals surface area contributed by atoms with Crippen molar-refractivity contribution in [3.63, 3.8) is 0 Å². The number of rotatable bonds is 17. The quantitative estimate of drug-likeness (QED) is 0.128. The van der Waals surface area contributed by atoms with Crippen molar-refractivity contribution in [2.45, 2.75) is 121 Å². The van der Waals surface area contributed by atoms with Crippen LogP contribution in [0, 0.1) is 5.92 Å². The van der Waals surface area contributed by atoms with Crippen LogP contribution in [0.5, 0.6) is 0 Å². The maximum atomic E-state index is 13.9. The summed E-state index contributed by atoms with van der Waals surface area (Å²) in [5, 5.41) is 0. The molecule has 0 radical (unpaired) electrons. The molecule has 0 heterocycles. The first-order valence-electron chi connectivity index (χ1n) is 12.5. The fourth-order valence-corrected chi connectivity index (χ4v) is 3.61. The third kappa shape index (κ3) is 6.13. The molecule has 0 aromatic carbocycles. The van der Waals surface area contributed by atoms with E-state index in [0.717, 1.165) is 0 Å². The molecule has 0 N–H and O–H groups in total. The van der Waals surface area contributed by atoms with Crippen molar-refractivity contribution in [2.75, 3.05) is 0 Å². The summed E-state index contributed by atoms with van der Waals surface area (Å²) in [6.45, 7) is 0.574. The highest BCUT2D eigenvalue weighted by Gasteiger charge is 3.02. The molecule has 0 nitrogen and oxygen atoms in total. The molecule has 338 valence electrons. The Morgan fingerprint density at radius 1 is 0.214 bits per heavy atom. The Morgan fingerprint density at radius 3 is 0.464 bits per heavy atom. The molecule has 0 saturated heterocycles. The smallest absolute Gasteiger partial charge is 0.200 e. The fraction of sp³-hybridized carbons (Fsp3) is 1.00. The zero-order chi connectivity index (χ0) is 46.8. The predicted octanol–water partition coefficient (Wildman–Crippen LogP) is 12.8. The average Bonchev–Trinajstić information content (AvgIpc) is 2.94. The van der Waals surface area contributed by atoms with Crippen LogP contribution < -0.4 is 0 Å². The first kappa shape index (κ1) is 53.6. The first-order chi connectivity index (χ1) is 23.4. The lowest BCUT2D eigenvalue weighted by atomic mass is 9.82. The van der Waals surface area contributed by atoms with Crippen molar-refractivity contribution in [3.8, 4) is 0 Å². The van der Waals surface area contributed by atoms with Gasteiger partial charge in [-0.2, -0.15) is 154 Å². The molecule has 0 rings (SSSR count). The van der Waals surface area contributed by atoms with Gasteiger partial charge in [0.1, 0.15) is 0 Å². The summed E-state index contributed by atoms with van der Waals surface area (Å²) in [5.41, 5.74) is 0. The molecule has 0 unspecified atom stereocenters. The van der Waals surface area contributed by atoms with Gasteiger partial charge in [-0.25, -0.2) is 0 Å². The van der Waals surface area contributed by atoms with Crippen molar-refractivity contribution < 1.29 is 154 Å². The monoisotopic (exact) mass is 926 g/mol. The van der Waals surface area contributed by atoms with E-state index in [1.165, 1.54) is 0 Å². The van der Waals surface area contributed by atoms with Gasteiger partial charge in [0.2, 0.25) is 0 Å². The maximum absolute atomic E-state index is 13.9. The summed E-state index contributed by atoms with van der Waals surface area (Å²) >= 11 is 0. The minimum Gasteiger partial charge on any atom is -0.200 e. The molecule has 0 fully saturated rings. The van der Waals surface area contributed by atoms with Crippen molar-refractivity contribution in [1.82, 2.24) is 0 Å². The van der Waals surface area contributed by atoms with Crippen molar-refractivity contribution in [3.05, 3.63) is 0 Å². The van der Waals surface area contributed by atoms with Gasteiger partial charge in [-0.15, -0.1) is 0 Å².